The molecule has 412 valence electrons. The summed E-state index contributed by atoms with van der Waals surface area (Å²) in [5, 5.41) is 4.13. The van der Waals surface area contributed by atoms with Crippen LogP contribution < -0.4 is 36.3 Å². The van der Waals surface area contributed by atoms with Crippen LogP contribution in [0, 0.1) is 0 Å². The molecule has 0 N–H and O–H groups in total. The Kier molecular flexibility index (Phi) is 11.3. The lowest BCUT2D eigenvalue weighted by molar-refractivity contribution is 0.195. The topological polar surface area (TPSA) is 9.72 Å². The zero-order valence-electron chi connectivity index (χ0n) is 51.5. The maximum absolute atomic E-state index is 3.00. The summed E-state index contributed by atoms with van der Waals surface area (Å²) >= 11 is 0. The molecule has 81 heavy (non-hydrogen) atoms. The van der Waals surface area contributed by atoms with Crippen molar-refractivity contribution in [1.29, 1.82) is 0 Å². The Morgan fingerprint density at radius 1 is 0.457 bits per heavy atom. The summed E-state index contributed by atoms with van der Waals surface area (Å²) < 4.78 is 0. The third-order valence-corrected chi connectivity index (χ3v) is 23.9. The molecule has 0 saturated heterocycles. The smallest absolute Gasteiger partial charge is 0.252 e. The van der Waals surface area contributed by atoms with Crippen molar-refractivity contribution in [1.82, 2.24) is 0 Å². The molecule has 0 bridgehead atoms. The van der Waals surface area contributed by atoms with Gasteiger partial charge in [-0.25, -0.2) is 0 Å². The van der Waals surface area contributed by atoms with Gasteiger partial charge in [0.1, 0.15) is 0 Å². The van der Waals surface area contributed by atoms with Crippen LogP contribution in [0.25, 0.3) is 21.9 Å². The Labute approximate surface area is 487 Å². The first-order chi connectivity index (χ1) is 38.3. The van der Waals surface area contributed by atoms with Gasteiger partial charge >= 0.3 is 0 Å². The largest absolute Gasteiger partial charge is 0.335 e. The summed E-state index contributed by atoms with van der Waals surface area (Å²) in [6.45, 7) is 37.3. The van der Waals surface area contributed by atoms with Crippen molar-refractivity contribution in [3.05, 3.63) is 185 Å². The van der Waals surface area contributed by atoms with E-state index in [9.17, 15) is 0 Å². The van der Waals surface area contributed by atoms with E-state index < -0.39 is 8.07 Å². The Balaban J connectivity index is 1.14. The Bertz CT molecular complexity index is 3920. The van der Waals surface area contributed by atoms with Crippen LogP contribution in [0.1, 0.15) is 168 Å². The van der Waals surface area contributed by atoms with Crippen LogP contribution in [-0.4, -0.2) is 25.9 Å². The van der Waals surface area contributed by atoms with Crippen LogP contribution in [0.5, 0.6) is 0 Å². The predicted molar refractivity (Wildman–Crippen MR) is 353 cm³/mol. The third kappa shape index (κ3) is 7.37. The van der Waals surface area contributed by atoms with Crippen molar-refractivity contribution < 1.29 is 0 Å². The Morgan fingerprint density at radius 3 is 1.74 bits per heavy atom. The van der Waals surface area contributed by atoms with Gasteiger partial charge in [0.15, 0.2) is 0 Å². The second-order valence-corrected chi connectivity index (χ2v) is 35.7. The normalized spacial score (nSPS) is 23.7. The van der Waals surface area contributed by atoms with Crippen LogP contribution in [0.15, 0.2) is 152 Å². The van der Waals surface area contributed by atoms with Gasteiger partial charge in [-0.15, -0.1) is 0 Å². The first-order valence-corrected chi connectivity index (χ1v) is 34.5. The van der Waals surface area contributed by atoms with E-state index in [1.54, 1.807) is 10.8 Å². The third-order valence-electron chi connectivity index (χ3n) is 21.9. The molecule has 8 aromatic carbocycles. The zero-order valence-corrected chi connectivity index (χ0v) is 52.5. The molecule has 4 aliphatic heterocycles. The van der Waals surface area contributed by atoms with E-state index in [1.807, 2.05) is 0 Å². The van der Waals surface area contributed by atoms with E-state index in [1.165, 1.54) is 138 Å². The SMILES string of the molecule is CC(C)(C)c1ccc2c(c1)B1c3cc([Si](C)(C)C)cc4c3N(c3cc(N5c6ccc(C(C)(C)C)cc6C6(c7ccccc7)CCCCC56C)cc(c31)N2c1ccc(C(C)(C)C)cc1-c1ccc2ccccc2c1)C1(C)CCCCC41C. The average molecular weight is 1080 g/mol. The van der Waals surface area contributed by atoms with E-state index in [4.69, 9.17) is 0 Å². The monoisotopic (exact) mass is 1080 g/mol. The van der Waals surface area contributed by atoms with Gasteiger partial charge in [0, 0.05) is 50.5 Å². The number of hydrogen-bond acceptors (Lipinski definition) is 3. The van der Waals surface area contributed by atoms with E-state index >= 15 is 0 Å². The number of fused-ring (bicyclic) bond motifs is 11. The minimum Gasteiger partial charge on any atom is -0.335 e. The van der Waals surface area contributed by atoms with Crippen molar-refractivity contribution in [2.75, 3.05) is 14.7 Å². The summed E-state index contributed by atoms with van der Waals surface area (Å²) in [5.41, 5.74) is 24.4. The molecule has 14 rings (SSSR count). The molecule has 0 radical (unpaired) electrons. The number of hydrogen-bond donors (Lipinski definition) is 0. The van der Waals surface area contributed by atoms with Gasteiger partial charge in [0.25, 0.3) is 6.71 Å². The molecule has 3 nitrogen and oxygen atoms in total. The summed E-state index contributed by atoms with van der Waals surface area (Å²) in [6.07, 6.45) is 9.50. The average Bonchev–Trinajstić information content (AvgIpc) is 3.88. The van der Waals surface area contributed by atoms with Crippen molar-refractivity contribution in [3.8, 4) is 11.1 Å². The summed E-state index contributed by atoms with van der Waals surface area (Å²) in [6, 6.07) is 61.6. The molecule has 4 heterocycles. The van der Waals surface area contributed by atoms with Crippen LogP contribution in [0.2, 0.25) is 19.6 Å². The number of anilines is 7. The summed E-state index contributed by atoms with van der Waals surface area (Å²) in [5.74, 6) is 0. The maximum atomic E-state index is 3.00. The lowest BCUT2D eigenvalue weighted by Crippen LogP contribution is -2.65. The highest BCUT2D eigenvalue weighted by molar-refractivity contribution is 7.01. The van der Waals surface area contributed by atoms with Gasteiger partial charge in [-0.05, 0) is 164 Å². The quantitative estimate of drug-likeness (QED) is 0.159. The second kappa shape index (κ2) is 17.4. The van der Waals surface area contributed by atoms with Crippen molar-refractivity contribution in [2.24, 2.45) is 0 Å². The highest BCUT2D eigenvalue weighted by Crippen LogP contribution is 2.66. The highest BCUT2D eigenvalue weighted by atomic mass is 28.3. The molecule has 2 aliphatic carbocycles. The Morgan fingerprint density at radius 2 is 1.05 bits per heavy atom. The minimum atomic E-state index is -1.82. The first kappa shape index (κ1) is 52.8. The lowest BCUT2D eigenvalue weighted by Gasteiger charge is -2.54. The maximum Gasteiger partial charge on any atom is 0.252 e. The van der Waals surface area contributed by atoms with Crippen molar-refractivity contribution >= 4 is 86.9 Å². The fourth-order valence-electron chi connectivity index (χ4n) is 17.0. The minimum absolute atomic E-state index is 0.000715. The molecule has 5 heteroatoms. The van der Waals surface area contributed by atoms with E-state index in [0.717, 1.165) is 19.3 Å². The summed E-state index contributed by atoms with van der Waals surface area (Å²) in [4.78, 5) is 8.69. The number of nitrogens with zero attached hydrogens (tertiary/aromatic N) is 3. The van der Waals surface area contributed by atoms with Gasteiger partial charge in [0.05, 0.1) is 24.8 Å². The van der Waals surface area contributed by atoms with Crippen LogP contribution in [-0.2, 0) is 27.1 Å². The molecule has 4 unspecified atom stereocenters. The van der Waals surface area contributed by atoms with Gasteiger partial charge in [-0.1, -0.05) is 229 Å². The molecule has 0 aromatic heterocycles. The number of benzene rings is 8. The Hall–Kier alpha value is -6.30. The standard InChI is InChI=1S/C76H86BN3Si/c1-70(2,3)53-31-34-63(58(42-53)51-30-29-49-25-19-20-26-50(49)41-51)78-65-36-33-55(72(7,8)9)44-61(65)77-62-48-57(81(13,14)15)47-60-69(62)80(74(11)38-22-21-37-73(60,74)10)67-46-56(45-66(78)68(67)77)79-64-35-32-54(71(4,5)6)43-59(64)76(52-27-17-16-18-28-52)40-24-23-39-75(76,79)12/h16-20,25-36,41-48H,21-24,37-40H2,1-15H3. The van der Waals surface area contributed by atoms with E-state index in [0.29, 0.717) is 0 Å². The van der Waals surface area contributed by atoms with Gasteiger partial charge in [0.2, 0.25) is 0 Å². The van der Waals surface area contributed by atoms with Crippen molar-refractivity contribution in [3.63, 3.8) is 0 Å². The fourth-order valence-corrected chi connectivity index (χ4v) is 18.2. The van der Waals surface area contributed by atoms with E-state index in [2.05, 4.69) is 269 Å². The molecule has 8 aromatic rings. The molecule has 0 spiro atoms. The van der Waals surface area contributed by atoms with Crippen LogP contribution in [0.4, 0.5) is 39.8 Å². The molecule has 6 aliphatic rings. The fraction of sp³-hybridized carbons (Fsp3) is 0.395. The van der Waals surface area contributed by atoms with E-state index in [-0.39, 0.29) is 44.9 Å². The highest BCUT2D eigenvalue weighted by Gasteiger charge is 2.64. The van der Waals surface area contributed by atoms with Gasteiger partial charge < -0.3 is 14.7 Å². The molecule has 0 amide bonds. The zero-order chi connectivity index (χ0) is 56.8. The second-order valence-electron chi connectivity index (χ2n) is 30.7. The molecular weight excluding hydrogens is 994 g/mol. The molecule has 4 atom stereocenters. The molecular formula is C76H86BN3Si. The van der Waals surface area contributed by atoms with Crippen LogP contribution in [0.3, 0.4) is 0 Å². The van der Waals surface area contributed by atoms with Gasteiger partial charge in [-0.3, -0.25) is 0 Å². The van der Waals surface area contributed by atoms with Crippen LogP contribution >= 0.6 is 0 Å². The van der Waals surface area contributed by atoms with Gasteiger partial charge in [-0.2, -0.15) is 0 Å². The summed E-state index contributed by atoms with van der Waals surface area (Å²) in [7, 11) is -1.82. The predicted octanol–water partition coefficient (Wildman–Crippen LogP) is 18.1. The van der Waals surface area contributed by atoms with Crippen molar-refractivity contribution in [2.45, 2.75) is 192 Å². The number of rotatable bonds is 5. The molecule has 2 fully saturated rings. The lowest BCUT2D eigenvalue weighted by atomic mass is 9.33. The first-order valence-electron chi connectivity index (χ1n) is 31.0. The molecule has 2 saturated carbocycles.